The second kappa shape index (κ2) is 5.60. The summed E-state index contributed by atoms with van der Waals surface area (Å²) in [6.45, 7) is 0.484. The Labute approximate surface area is 110 Å². The molecule has 18 heavy (non-hydrogen) atoms. The summed E-state index contributed by atoms with van der Waals surface area (Å²) in [6, 6.07) is 7.04. The molecule has 1 amide bonds. The van der Waals surface area contributed by atoms with Gasteiger partial charge in [-0.2, -0.15) is 0 Å². The van der Waals surface area contributed by atoms with Crippen molar-refractivity contribution in [2.45, 2.75) is 6.54 Å². The van der Waals surface area contributed by atoms with Crippen molar-refractivity contribution in [1.82, 2.24) is 14.9 Å². The molecular weight excluding hydrogens is 250 g/mol. The van der Waals surface area contributed by atoms with Crippen molar-refractivity contribution in [3.05, 3.63) is 59.1 Å². The number of amides is 1. The van der Waals surface area contributed by atoms with E-state index in [0.717, 1.165) is 5.56 Å². The van der Waals surface area contributed by atoms with E-state index in [4.69, 9.17) is 11.6 Å². The lowest BCUT2D eigenvalue weighted by molar-refractivity contribution is 0.0784. The molecule has 2 heterocycles. The summed E-state index contributed by atoms with van der Waals surface area (Å²) in [6.07, 6.45) is 4.86. The molecule has 0 aliphatic carbocycles. The molecule has 0 aliphatic heterocycles. The van der Waals surface area contributed by atoms with Gasteiger partial charge in [-0.25, -0.2) is 4.98 Å². The Balaban J connectivity index is 2.06. The number of rotatable bonds is 3. The molecular formula is C13H12ClN3O. The van der Waals surface area contributed by atoms with Gasteiger partial charge in [0.25, 0.3) is 5.91 Å². The molecule has 0 radical (unpaired) electrons. The van der Waals surface area contributed by atoms with Crippen molar-refractivity contribution in [3.63, 3.8) is 0 Å². The molecule has 4 nitrogen and oxygen atoms in total. The first-order valence-electron chi connectivity index (χ1n) is 5.43. The molecule has 0 aliphatic rings. The second-order valence-electron chi connectivity index (χ2n) is 3.89. The third-order valence-corrected chi connectivity index (χ3v) is 2.69. The first kappa shape index (κ1) is 12.5. The van der Waals surface area contributed by atoms with Gasteiger partial charge in [-0.05, 0) is 23.8 Å². The lowest BCUT2D eigenvalue weighted by Gasteiger charge is -2.16. The van der Waals surface area contributed by atoms with E-state index >= 15 is 0 Å². The average molecular weight is 262 g/mol. The predicted molar refractivity (Wildman–Crippen MR) is 69.3 cm³/mol. The topological polar surface area (TPSA) is 46.1 Å². The molecule has 5 heteroatoms. The van der Waals surface area contributed by atoms with Crippen LogP contribution in [0.1, 0.15) is 15.9 Å². The number of aromatic nitrogens is 2. The van der Waals surface area contributed by atoms with Crippen LogP contribution < -0.4 is 0 Å². The highest BCUT2D eigenvalue weighted by atomic mass is 35.5. The largest absolute Gasteiger partial charge is 0.337 e. The Morgan fingerprint density at radius 2 is 2.17 bits per heavy atom. The highest BCUT2D eigenvalue weighted by molar-refractivity contribution is 6.29. The number of nitrogens with zero attached hydrogens (tertiary/aromatic N) is 3. The third-order valence-electron chi connectivity index (χ3n) is 2.46. The molecule has 2 rings (SSSR count). The van der Waals surface area contributed by atoms with E-state index in [1.807, 2.05) is 6.07 Å². The number of carbonyl (C=O) groups is 1. The molecule has 0 N–H and O–H groups in total. The van der Waals surface area contributed by atoms with E-state index < -0.39 is 0 Å². The maximum Gasteiger partial charge on any atom is 0.255 e. The van der Waals surface area contributed by atoms with Gasteiger partial charge in [0.05, 0.1) is 5.56 Å². The summed E-state index contributed by atoms with van der Waals surface area (Å²) in [5.74, 6) is -0.0712. The van der Waals surface area contributed by atoms with Gasteiger partial charge in [-0.1, -0.05) is 17.7 Å². The Bertz CT molecular complexity index is 528. The van der Waals surface area contributed by atoms with E-state index in [0.29, 0.717) is 17.3 Å². The summed E-state index contributed by atoms with van der Waals surface area (Å²) in [7, 11) is 1.74. The number of hydrogen-bond acceptors (Lipinski definition) is 3. The van der Waals surface area contributed by atoms with E-state index in [-0.39, 0.29) is 5.91 Å². The zero-order valence-electron chi connectivity index (χ0n) is 9.88. The zero-order valence-corrected chi connectivity index (χ0v) is 10.6. The standard InChI is InChI=1S/C13H12ClN3O/c1-17(9-10-4-5-12(14)16-7-10)13(18)11-3-2-6-15-8-11/h2-8H,9H2,1H3. The Morgan fingerprint density at radius 3 is 2.78 bits per heavy atom. The maximum absolute atomic E-state index is 12.1. The quantitative estimate of drug-likeness (QED) is 0.797. The van der Waals surface area contributed by atoms with Gasteiger partial charge in [0, 0.05) is 32.2 Å². The van der Waals surface area contributed by atoms with Crippen LogP contribution in [0.5, 0.6) is 0 Å². The summed E-state index contributed by atoms with van der Waals surface area (Å²) < 4.78 is 0. The van der Waals surface area contributed by atoms with Crippen LogP contribution in [-0.2, 0) is 6.54 Å². The fourth-order valence-corrected chi connectivity index (χ4v) is 1.67. The summed E-state index contributed by atoms with van der Waals surface area (Å²) in [5, 5.41) is 0.444. The SMILES string of the molecule is CN(Cc1ccc(Cl)nc1)C(=O)c1cccnc1. The first-order valence-corrected chi connectivity index (χ1v) is 5.80. The average Bonchev–Trinajstić information content (AvgIpc) is 2.41. The maximum atomic E-state index is 12.1. The molecule has 0 spiro atoms. The number of carbonyl (C=O) groups excluding carboxylic acids is 1. The minimum Gasteiger partial charge on any atom is -0.337 e. The van der Waals surface area contributed by atoms with Crippen LogP contribution in [0, 0.1) is 0 Å². The predicted octanol–water partition coefficient (Wildman–Crippen LogP) is 2.40. The summed E-state index contributed by atoms with van der Waals surface area (Å²) in [5.41, 5.74) is 1.50. The molecule has 0 bridgehead atoms. The van der Waals surface area contributed by atoms with Crippen LogP contribution in [0.3, 0.4) is 0 Å². The Kier molecular flexibility index (Phi) is 3.89. The molecule has 0 unspecified atom stereocenters. The van der Waals surface area contributed by atoms with Gasteiger partial charge in [0.2, 0.25) is 0 Å². The van der Waals surface area contributed by atoms with Gasteiger partial charge in [0.1, 0.15) is 5.15 Å². The fraction of sp³-hybridized carbons (Fsp3) is 0.154. The smallest absolute Gasteiger partial charge is 0.255 e. The van der Waals surface area contributed by atoms with Crippen molar-refractivity contribution in [3.8, 4) is 0 Å². The molecule has 2 aromatic heterocycles. The van der Waals surface area contributed by atoms with Crippen molar-refractivity contribution in [1.29, 1.82) is 0 Å². The van der Waals surface area contributed by atoms with Crippen LogP contribution in [0.2, 0.25) is 5.15 Å². The van der Waals surface area contributed by atoms with Crippen molar-refractivity contribution in [2.75, 3.05) is 7.05 Å². The zero-order chi connectivity index (χ0) is 13.0. The summed E-state index contributed by atoms with van der Waals surface area (Å²) >= 11 is 5.71. The number of pyridine rings is 2. The van der Waals surface area contributed by atoms with Crippen LogP contribution in [0.25, 0.3) is 0 Å². The van der Waals surface area contributed by atoms with Gasteiger partial charge in [-0.3, -0.25) is 9.78 Å². The molecule has 92 valence electrons. The van der Waals surface area contributed by atoms with Crippen LogP contribution in [0.15, 0.2) is 42.9 Å². The van der Waals surface area contributed by atoms with Gasteiger partial charge >= 0.3 is 0 Å². The monoisotopic (exact) mass is 261 g/mol. The van der Waals surface area contributed by atoms with Gasteiger partial charge in [0.15, 0.2) is 0 Å². The Hall–Kier alpha value is -1.94. The van der Waals surface area contributed by atoms with E-state index in [2.05, 4.69) is 9.97 Å². The molecule has 0 saturated carbocycles. The normalized spacial score (nSPS) is 10.1. The van der Waals surface area contributed by atoms with Gasteiger partial charge < -0.3 is 4.90 Å². The van der Waals surface area contributed by atoms with E-state index in [1.54, 1.807) is 48.7 Å². The molecule has 0 aromatic carbocycles. The lowest BCUT2D eigenvalue weighted by atomic mass is 10.2. The minimum absolute atomic E-state index is 0.0712. The third kappa shape index (κ3) is 3.05. The Morgan fingerprint density at radius 1 is 1.33 bits per heavy atom. The molecule has 0 saturated heterocycles. The number of halogens is 1. The highest BCUT2D eigenvalue weighted by Crippen LogP contribution is 2.09. The van der Waals surface area contributed by atoms with E-state index in [9.17, 15) is 4.79 Å². The number of hydrogen-bond donors (Lipinski definition) is 0. The van der Waals surface area contributed by atoms with Crippen LogP contribution >= 0.6 is 11.6 Å². The first-order chi connectivity index (χ1) is 8.66. The highest BCUT2D eigenvalue weighted by Gasteiger charge is 2.11. The molecule has 0 fully saturated rings. The fourth-order valence-electron chi connectivity index (χ4n) is 1.56. The van der Waals surface area contributed by atoms with E-state index in [1.165, 1.54) is 0 Å². The molecule has 0 atom stereocenters. The van der Waals surface area contributed by atoms with Crippen molar-refractivity contribution < 1.29 is 4.79 Å². The summed E-state index contributed by atoms with van der Waals surface area (Å²) in [4.78, 5) is 21.6. The van der Waals surface area contributed by atoms with Crippen LogP contribution in [0.4, 0.5) is 0 Å². The van der Waals surface area contributed by atoms with Crippen molar-refractivity contribution in [2.24, 2.45) is 0 Å². The lowest BCUT2D eigenvalue weighted by Crippen LogP contribution is -2.26. The minimum atomic E-state index is -0.0712. The second-order valence-corrected chi connectivity index (χ2v) is 4.28. The van der Waals surface area contributed by atoms with Crippen LogP contribution in [-0.4, -0.2) is 27.8 Å². The molecule has 2 aromatic rings. The van der Waals surface area contributed by atoms with Gasteiger partial charge in [-0.15, -0.1) is 0 Å². The van der Waals surface area contributed by atoms with Crippen molar-refractivity contribution >= 4 is 17.5 Å².